The average molecular weight is 396 g/mol. The molecule has 8 heteroatoms. The lowest BCUT2D eigenvalue weighted by molar-refractivity contribution is -0.147. The molecule has 3 rings (SSSR count). The quantitative estimate of drug-likeness (QED) is 0.746. The third kappa shape index (κ3) is 4.87. The van der Waals surface area contributed by atoms with Gasteiger partial charge in [-0.3, -0.25) is 4.79 Å². The third-order valence-electron chi connectivity index (χ3n) is 5.59. The number of carbonyl (C=O) groups excluding carboxylic acids is 1. The highest BCUT2D eigenvalue weighted by molar-refractivity contribution is 7.88. The van der Waals surface area contributed by atoms with Crippen molar-refractivity contribution in [3.63, 3.8) is 0 Å². The number of methoxy groups -OCH3 is 1. The molecule has 150 valence electrons. The number of carbonyl (C=O) groups is 1. The smallest absolute Gasteiger partial charge is 0.252 e. The summed E-state index contributed by atoms with van der Waals surface area (Å²) >= 11 is 0. The highest BCUT2D eigenvalue weighted by Crippen LogP contribution is 2.24. The Bertz CT molecular complexity index is 725. The summed E-state index contributed by atoms with van der Waals surface area (Å²) in [6.45, 7) is 2.39. The Morgan fingerprint density at radius 3 is 2.44 bits per heavy atom. The van der Waals surface area contributed by atoms with Crippen LogP contribution in [-0.4, -0.2) is 63.6 Å². The van der Waals surface area contributed by atoms with E-state index in [-0.39, 0.29) is 17.7 Å². The number of nitrogens with zero attached hydrogens (tertiary/aromatic N) is 1. The molecule has 1 aromatic carbocycles. The van der Waals surface area contributed by atoms with Crippen LogP contribution in [0.3, 0.4) is 0 Å². The zero-order chi connectivity index (χ0) is 19.3. The zero-order valence-corrected chi connectivity index (χ0v) is 16.6. The van der Waals surface area contributed by atoms with Crippen LogP contribution in [0.4, 0.5) is 0 Å². The second-order valence-electron chi connectivity index (χ2n) is 7.34. The number of nitrogens with one attached hydrogen (secondary N) is 2. The predicted octanol–water partition coefficient (Wildman–Crippen LogP) is 0.866. The van der Waals surface area contributed by atoms with E-state index >= 15 is 0 Å². The fourth-order valence-corrected chi connectivity index (χ4v) is 5.39. The zero-order valence-electron chi connectivity index (χ0n) is 15.8. The molecular formula is C19H29N3O4S. The van der Waals surface area contributed by atoms with Gasteiger partial charge in [-0.05, 0) is 44.3 Å². The first kappa shape index (κ1) is 20.3. The molecule has 0 atom stereocenters. The van der Waals surface area contributed by atoms with E-state index in [2.05, 4.69) is 10.6 Å². The third-order valence-corrected chi connectivity index (χ3v) is 7.44. The molecule has 0 saturated carbocycles. The lowest BCUT2D eigenvalue weighted by Crippen LogP contribution is -2.57. The van der Waals surface area contributed by atoms with Crippen molar-refractivity contribution in [2.24, 2.45) is 0 Å². The van der Waals surface area contributed by atoms with Gasteiger partial charge in [-0.1, -0.05) is 30.3 Å². The van der Waals surface area contributed by atoms with Gasteiger partial charge in [0.05, 0.1) is 5.75 Å². The Balaban J connectivity index is 1.53. The van der Waals surface area contributed by atoms with E-state index in [0.717, 1.165) is 18.7 Å². The van der Waals surface area contributed by atoms with Crippen molar-refractivity contribution in [2.75, 3.05) is 33.3 Å². The van der Waals surface area contributed by atoms with Gasteiger partial charge in [-0.25, -0.2) is 12.7 Å². The Morgan fingerprint density at radius 1 is 1.22 bits per heavy atom. The molecule has 0 aliphatic carbocycles. The van der Waals surface area contributed by atoms with Crippen molar-refractivity contribution in [3.05, 3.63) is 35.9 Å². The van der Waals surface area contributed by atoms with Gasteiger partial charge in [0.1, 0.15) is 5.60 Å². The molecule has 1 amide bonds. The monoisotopic (exact) mass is 395 g/mol. The number of hydrogen-bond acceptors (Lipinski definition) is 5. The minimum atomic E-state index is -3.34. The molecule has 7 nitrogen and oxygen atoms in total. The van der Waals surface area contributed by atoms with E-state index in [0.29, 0.717) is 38.8 Å². The summed E-state index contributed by atoms with van der Waals surface area (Å²) in [6, 6.07) is 9.21. The Labute approximate surface area is 161 Å². The number of sulfonamides is 1. The summed E-state index contributed by atoms with van der Waals surface area (Å²) in [5, 5.41) is 6.33. The standard InChI is InChI=1S/C19H29N3O4S/c1-26-19(9-11-20-12-10-19)18(23)21-17-7-13-22(14-8-17)27(24,25)15-16-5-3-2-4-6-16/h2-6,17,20H,7-15H2,1H3,(H,21,23). The van der Waals surface area contributed by atoms with Gasteiger partial charge in [-0.15, -0.1) is 0 Å². The van der Waals surface area contributed by atoms with Gasteiger partial charge in [0.25, 0.3) is 5.91 Å². The second-order valence-corrected chi connectivity index (χ2v) is 9.31. The molecule has 2 heterocycles. The van der Waals surface area contributed by atoms with Gasteiger partial charge >= 0.3 is 0 Å². The molecular weight excluding hydrogens is 366 g/mol. The van der Waals surface area contributed by atoms with Crippen LogP contribution in [0, 0.1) is 0 Å². The fraction of sp³-hybridized carbons (Fsp3) is 0.632. The van der Waals surface area contributed by atoms with Crippen LogP contribution in [0.1, 0.15) is 31.2 Å². The summed E-state index contributed by atoms with van der Waals surface area (Å²) in [7, 11) is -1.75. The molecule has 2 aliphatic rings. The molecule has 0 aromatic heterocycles. The van der Waals surface area contributed by atoms with E-state index in [1.807, 2.05) is 30.3 Å². The molecule has 1 aromatic rings. The van der Waals surface area contributed by atoms with E-state index in [1.54, 1.807) is 11.4 Å². The van der Waals surface area contributed by atoms with Gasteiger partial charge < -0.3 is 15.4 Å². The lowest BCUT2D eigenvalue weighted by Gasteiger charge is -2.38. The van der Waals surface area contributed by atoms with Crippen molar-refractivity contribution in [3.8, 4) is 0 Å². The molecule has 2 saturated heterocycles. The Kier molecular flexibility index (Phi) is 6.52. The normalized spacial score (nSPS) is 21.7. The lowest BCUT2D eigenvalue weighted by atomic mass is 9.90. The average Bonchev–Trinajstić information content (AvgIpc) is 2.69. The molecule has 0 bridgehead atoms. The number of rotatable bonds is 6. The molecule has 0 unspecified atom stereocenters. The first-order chi connectivity index (χ1) is 13.0. The van der Waals surface area contributed by atoms with Crippen molar-refractivity contribution >= 4 is 15.9 Å². The van der Waals surface area contributed by atoms with E-state index in [1.165, 1.54) is 0 Å². The van der Waals surface area contributed by atoms with Crippen LogP contribution in [-0.2, 0) is 25.3 Å². The summed E-state index contributed by atoms with van der Waals surface area (Å²) < 4.78 is 32.4. The van der Waals surface area contributed by atoms with Crippen molar-refractivity contribution < 1.29 is 17.9 Å². The predicted molar refractivity (Wildman–Crippen MR) is 104 cm³/mol. The van der Waals surface area contributed by atoms with Crippen LogP contribution in [0.5, 0.6) is 0 Å². The van der Waals surface area contributed by atoms with Crippen molar-refractivity contribution in [1.82, 2.24) is 14.9 Å². The van der Waals surface area contributed by atoms with Gasteiger partial charge in [0, 0.05) is 26.2 Å². The van der Waals surface area contributed by atoms with Crippen LogP contribution in [0.15, 0.2) is 30.3 Å². The molecule has 2 fully saturated rings. The van der Waals surface area contributed by atoms with Crippen molar-refractivity contribution in [1.29, 1.82) is 0 Å². The Morgan fingerprint density at radius 2 is 1.85 bits per heavy atom. The summed E-state index contributed by atoms with van der Waals surface area (Å²) in [5.74, 6) is -0.0536. The first-order valence-corrected chi connectivity index (χ1v) is 11.1. The summed E-state index contributed by atoms with van der Waals surface area (Å²) in [4.78, 5) is 12.7. The number of ether oxygens (including phenoxy) is 1. The van der Waals surface area contributed by atoms with Crippen LogP contribution >= 0.6 is 0 Å². The number of benzene rings is 1. The minimum Gasteiger partial charge on any atom is -0.368 e. The first-order valence-electron chi connectivity index (χ1n) is 9.54. The highest BCUT2D eigenvalue weighted by Gasteiger charge is 2.41. The molecule has 0 spiro atoms. The SMILES string of the molecule is COC1(C(=O)NC2CCN(S(=O)(=O)Cc3ccccc3)CC2)CCNCC1. The van der Waals surface area contributed by atoms with E-state index < -0.39 is 15.6 Å². The minimum absolute atomic E-state index is 0.0115. The van der Waals surface area contributed by atoms with Gasteiger partial charge in [-0.2, -0.15) is 0 Å². The molecule has 27 heavy (non-hydrogen) atoms. The second kappa shape index (κ2) is 8.68. The highest BCUT2D eigenvalue weighted by atomic mass is 32.2. The van der Waals surface area contributed by atoms with E-state index in [9.17, 15) is 13.2 Å². The number of piperidine rings is 2. The molecule has 2 aliphatic heterocycles. The maximum absolute atomic E-state index is 12.7. The summed E-state index contributed by atoms with van der Waals surface area (Å²) in [5.41, 5.74) is 0.0303. The fourth-order valence-electron chi connectivity index (χ4n) is 3.83. The largest absolute Gasteiger partial charge is 0.368 e. The number of hydrogen-bond donors (Lipinski definition) is 2. The number of amides is 1. The molecule has 0 radical (unpaired) electrons. The maximum atomic E-state index is 12.7. The Hall–Kier alpha value is -1.48. The maximum Gasteiger partial charge on any atom is 0.252 e. The van der Waals surface area contributed by atoms with E-state index in [4.69, 9.17) is 4.74 Å². The summed E-state index contributed by atoms with van der Waals surface area (Å²) in [6.07, 6.45) is 2.55. The van der Waals surface area contributed by atoms with Crippen LogP contribution < -0.4 is 10.6 Å². The molecule has 2 N–H and O–H groups in total. The van der Waals surface area contributed by atoms with Crippen molar-refractivity contribution in [2.45, 2.75) is 43.1 Å². The van der Waals surface area contributed by atoms with Gasteiger partial charge in [0.2, 0.25) is 10.0 Å². The van der Waals surface area contributed by atoms with Gasteiger partial charge in [0.15, 0.2) is 0 Å². The van der Waals surface area contributed by atoms with Crippen LogP contribution in [0.2, 0.25) is 0 Å². The topological polar surface area (TPSA) is 87.7 Å². The van der Waals surface area contributed by atoms with Crippen LogP contribution in [0.25, 0.3) is 0 Å².